The Kier molecular flexibility index (Phi) is 4.67. The van der Waals surface area contributed by atoms with Crippen LogP contribution >= 0.6 is 0 Å². The van der Waals surface area contributed by atoms with Crippen molar-refractivity contribution in [3.8, 4) is 0 Å². The van der Waals surface area contributed by atoms with E-state index >= 15 is 0 Å². The fourth-order valence-corrected chi connectivity index (χ4v) is 2.23. The number of hydrogen-bond donors (Lipinski definition) is 2. The highest BCUT2D eigenvalue weighted by molar-refractivity contribution is 5.60. The number of ether oxygens (including phenoxy) is 1. The number of anilines is 2. The molecule has 1 aliphatic heterocycles. The van der Waals surface area contributed by atoms with Crippen molar-refractivity contribution in [3.63, 3.8) is 0 Å². The minimum atomic E-state index is -0.450. The quantitative estimate of drug-likeness (QED) is 0.623. The summed E-state index contributed by atoms with van der Waals surface area (Å²) in [5, 5.41) is 17.0. The molecule has 1 fully saturated rings. The number of hydrogen-bond acceptors (Lipinski definition) is 7. The third-order valence-corrected chi connectivity index (χ3v) is 3.28. The predicted octanol–water partition coefficient (Wildman–Crippen LogP) is 1.57. The number of aryl methyl sites for hydroxylation is 1. The smallest absolute Gasteiger partial charge is 0.332 e. The molecule has 2 heterocycles. The van der Waals surface area contributed by atoms with Crippen molar-refractivity contribution in [3.05, 3.63) is 15.8 Å². The SMILES string of the molecule is CNc1nc(C)c([N+](=O)[O-])c(NCC2CCCOC2)n1. The summed E-state index contributed by atoms with van der Waals surface area (Å²) in [6.07, 6.45) is 2.09. The lowest BCUT2D eigenvalue weighted by Gasteiger charge is -2.22. The van der Waals surface area contributed by atoms with Gasteiger partial charge in [-0.05, 0) is 25.7 Å². The van der Waals surface area contributed by atoms with Crippen LogP contribution in [0.1, 0.15) is 18.5 Å². The van der Waals surface area contributed by atoms with E-state index in [9.17, 15) is 10.1 Å². The Morgan fingerprint density at radius 2 is 2.30 bits per heavy atom. The molecule has 0 aliphatic carbocycles. The first kappa shape index (κ1) is 14.4. The first-order valence-corrected chi connectivity index (χ1v) is 6.64. The number of rotatable bonds is 5. The molecular formula is C12H19N5O3. The summed E-state index contributed by atoms with van der Waals surface area (Å²) in [6.45, 7) is 3.70. The van der Waals surface area contributed by atoms with E-state index in [1.54, 1.807) is 14.0 Å². The van der Waals surface area contributed by atoms with Crippen LogP contribution in [0.15, 0.2) is 0 Å². The second-order valence-corrected chi connectivity index (χ2v) is 4.80. The third-order valence-electron chi connectivity index (χ3n) is 3.28. The molecule has 110 valence electrons. The first-order valence-electron chi connectivity index (χ1n) is 6.64. The van der Waals surface area contributed by atoms with Gasteiger partial charge in [0.2, 0.25) is 11.8 Å². The van der Waals surface area contributed by atoms with Gasteiger partial charge in [0.1, 0.15) is 5.69 Å². The lowest BCUT2D eigenvalue weighted by molar-refractivity contribution is -0.385. The summed E-state index contributed by atoms with van der Waals surface area (Å²) in [4.78, 5) is 18.9. The highest BCUT2D eigenvalue weighted by Gasteiger charge is 2.23. The van der Waals surface area contributed by atoms with Gasteiger partial charge in [-0.2, -0.15) is 4.98 Å². The molecule has 1 unspecified atom stereocenters. The first-order chi connectivity index (χ1) is 9.61. The second kappa shape index (κ2) is 6.47. The summed E-state index contributed by atoms with van der Waals surface area (Å²) in [6, 6.07) is 0. The fourth-order valence-electron chi connectivity index (χ4n) is 2.23. The zero-order valence-electron chi connectivity index (χ0n) is 11.7. The Labute approximate surface area is 117 Å². The zero-order chi connectivity index (χ0) is 14.5. The number of nitrogens with one attached hydrogen (secondary N) is 2. The Hall–Kier alpha value is -1.96. The Bertz CT molecular complexity index is 488. The minimum Gasteiger partial charge on any atom is -0.381 e. The molecule has 0 saturated carbocycles. The van der Waals surface area contributed by atoms with Gasteiger partial charge in [0.25, 0.3) is 0 Å². The lowest BCUT2D eigenvalue weighted by atomic mass is 10.0. The van der Waals surface area contributed by atoms with Crippen LogP contribution in [0, 0.1) is 23.0 Å². The zero-order valence-corrected chi connectivity index (χ0v) is 11.7. The standard InChI is InChI=1S/C12H19N5O3/c1-8-10(17(18)19)11(16-12(13-2)15-8)14-6-9-4-3-5-20-7-9/h9H,3-7H2,1-2H3,(H2,13,14,15,16). The van der Waals surface area contributed by atoms with E-state index < -0.39 is 4.92 Å². The molecule has 0 radical (unpaired) electrons. The van der Waals surface area contributed by atoms with E-state index in [4.69, 9.17) is 4.74 Å². The maximum atomic E-state index is 11.1. The van der Waals surface area contributed by atoms with Crippen LogP contribution in [0.4, 0.5) is 17.5 Å². The molecule has 20 heavy (non-hydrogen) atoms. The van der Waals surface area contributed by atoms with Gasteiger partial charge in [0, 0.05) is 20.2 Å². The van der Waals surface area contributed by atoms with E-state index in [2.05, 4.69) is 20.6 Å². The summed E-state index contributed by atoms with van der Waals surface area (Å²) in [5.74, 6) is 0.990. The van der Waals surface area contributed by atoms with Crippen LogP contribution in [-0.2, 0) is 4.74 Å². The maximum absolute atomic E-state index is 11.1. The highest BCUT2D eigenvalue weighted by Crippen LogP contribution is 2.27. The van der Waals surface area contributed by atoms with Crippen LogP contribution in [0.5, 0.6) is 0 Å². The number of aromatic nitrogens is 2. The van der Waals surface area contributed by atoms with Crippen LogP contribution < -0.4 is 10.6 Å². The third kappa shape index (κ3) is 3.32. The van der Waals surface area contributed by atoms with Crippen molar-refractivity contribution in [1.29, 1.82) is 0 Å². The van der Waals surface area contributed by atoms with Crippen molar-refractivity contribution >= 4 is 17.5 Å². The summed E-state index contributed by atoms with van der Waals surface area (Å²) in [5.41, 5.74) is 0.275. The summed E-state index contributed by atoms with van der Waals surface area (Å²) >= 11 is 0. The number of nitro groups is 1. The van der Waals surface area contributed by atoms with Gasteiger partial charge in [-0.3, -0.25) is 10.1 Å². The molecular weight excluding hydrogens is 262 g/mol. The molecule has 1 atom stereocenters. The van der Waals surface area contributed by atoms with Gasteiger partial charge >= 0.3 is 5.69 Å². The van der Waals surface area contributed by atoms with Gasteiger partial charge in [-0.1, -0.05) is 0 Å². The van der Waals surface area contributed by atoms with Gasteiger partial charge in [0.05, 0.1) is 11.5 Å². The molecule has 8 nitrogen and oxygen atoms in total. The molecule has 2 rings (SSSR count). The van der Waals surface area contributed by atoms with E-state index in [0.717, 1.165) is 19.4 Å². The largest absolute Gasteiger partial charge is 0.381 e. The van der Waals surface area contributed by atoms with Crippen molar-refractivity contribution in [1.82, 2.24) is 9.97 Å². The highest BCUT2D eigenvalue weighted by atomic mass is 16.6. The maximum Gasteiger partial charge on any atom is 0.332 e. The number of nitrogens with zero attached hydrogens (tertiary/aromatic N) is 3. The average molecular weight is 281 g/mol. The summed E-state index contributed by atoms with van der Waals surface area (Å²) < 4.78 is 5.40. The van der Waals surface area contributed by atoms with Gasteiger partial charge in [-0.25, -0.2) is 4.98 Å². The molecule has 1 aromatic rings. The molecule has 0 bridgehead atoms. The molecule has 0 aromatic carbocycles. The van der Waals surface area contributed by atoms with Gasteiger partial charge in [0.15, 0.2) is 0 Å². The van der Waals surface area contributed by atoms with Crippen molar-refractivity contribution in [2.24, 2.45) is 5.92 Å². The predicted molar refractivity (Wildman–Crippen MR) is 75.0 cm³/mol. The molecule has 0 amide bonds. The van der Waals surface area contributed by atoms with Crippen molar-refractivity contribution in [2.75, 3.05) is 37.4 Å². The van der Waals surface area contributed by atoms with Crippen LogP contribution in [0.25, 0.3) is 0 Å². The fraction of sp³-hybridized carbons (Fsp3) is 0.667. The van der Waals surface area contributed by atoms with E-state index in [1.807, 2.05) is 0 Å². The minimum absolute atomic E-state index is 0.0688. The van der Waals surface area contributed by atoms with Crippen molar-refractivity contribution in [2.45, 2.75) is 19.8 Å². The summed E-state index contributed by atoms with van der Waals surface area (Å²) in [7, 11) is 1.68. The van der Waals surface area contributed by atoms with Gasteiger partial charge in [-0.15, -0.1) is 0 Å². The monoisotopic (exact) mass is 281 g/mol. The lowest BCUT2D eigenvalue weighted by Crippen LogP contribution is -2.25. The van der Waals surface area contributed by atoms with E-state index in [0.29, 0.717) is 30.7 Å². The Balaban J connectivity index is 2.15. The molecule has 1 aromatic heterocycles. The van der Waals surface area contributed by atoms with Gasteiger partial charge < -0.3 is 15.4 Å². The van der Waals surface area contributed by atoms with E-state index in [-0.39, 0.29) is 11.5 Å². The van der Waals surface area contributed by atoms with Crippen molar-refractivity contribution < 1.29 is 9.66 Å². The average Bonchev–Trinajstić information content (AvgIpc) is 2.45. The van der Waals surface area contributed by atoms with Crippen LogP contribution in [-0.4, -0.2) is 41.7 Å². The Morgan fingerprint density at radius 1 is 1.50 bits per heavy atom. The second-order valence-electron chi connectivity index (χ2n) is 4.80. The Morgan fingerprint density at radius 3 is 2.90 bits per heavy atom. The molecule has 0 spiro atoms. The molecule has 1 saturated heterocycles. The van der Waals surface area contributed by atoms with E-state index in [1.165, 1.54) is 0 Å². The molecule has 2 N–H and O–H groups in total. The topological polar surface area (TPSA) is 102 Å². The normalized spacial score (nSPS) is 18.6. The molecule has 1 aliphatic rings. The van der Waals surface area contributed by atoms with Crippen LogP contribution in [0.3, 0.4) is 0 Å². The van der Waals surface area contributed by atoms with Crippen LogP contribution in [0.2, 0.25) is 0 Å². The molecule has 8 heteroatoms.